The molecule has 2 rings (SSSR count). The van der Waals surface area contributed by atoms with Crippen molar-refractivity contribution in [1.29, 1.82) is 0 Å². The minimum atomic E-state index is 0.353. The van der Waals surface area contributed by atoms with E-state index in [2.05, 4.69) is 10.3 Å². The van der Waals surface area contributed by atoms with Crippen LogP contribution in [0.15, 0.2) is 6.20 Å². The molecule has 1 aliphatic rings. The van der Waals surface area contributed by atoms with Crippen molar-refractivity contribution >= 4 is 5.78 Å². The zero-order chi connectivity index (χ0) is 9.97. The summed E-state index contributed by atoms with van der Waals surface area (Å²) in [4.78, 5) is 11.3. The van der Waals surface area contributed by atoms with E-state index in [1.54, 1.807) is 6.20 Å². The predicted octanol–water partition coefficient (Wildman–Crippen LogP) is 1.52. The van der Waals surface area contributed by atoms with E-state index in [4.69, 9.17) is 0 Å². The average molecular weight is 193 g/mol. The van der Waals surface area contributed by atoms with Crippen LogP contribution in [0.25, 0.3) is 0 Å². The molecule has 4 heteroatoms. The van der Waals surface area contributed by atoms with Crippen LogP contribution in [0.4, 0.5) is 0 Å². The van der Waals surface area contributed by atoms with Crippen LogP contribution in [-0.2, 0) is 11.3 Å². The monoisotopic (exact) mass is 193 g/mol. The number of carbonyl (C=O) groups is 1. The lowest BCUT2D eigenvalue weighted by molar-refractivity contribution is -0.120. The zero-order valence-electron chi connectivity index (χ0n) is 8.44. The molecule has 1 aromatic rings. The van der Waals surface area contributed by atoms with Gasteiger partial charge < -0.3 is 0 Å². The van der Waals surface area contributed by atoms with Gasteiger partial charge in [-0.25, -0.2) is 4.68 Å². The van der Waals surface area contributed by atoms with Crippen LogP contribution >= 0.6 is 0 Å². The van der Waals surface area contributed by atoms with Crippen molar-refractivity contribution in [1.82, 2.24) is 15.0 Å². The molecule has 1 aromatic heterocycles. The van der Waals surface area contributed by atoms with Gasteiger partial charge in [0.05, 0.1) is 11.9 Å². The van der Waals surface area contributed by atoms with Crippen LogP contribution in [0.3, 0.4) is 0 Å². The molecule has 0 radical (unpaired) electrons. The molecule has 1 atom stereocenters. The molecule has 0 amide bonds. The van der Waals surface area contributed by atoms with Gasteiger partial charge >= 0.3 is 0 Å². The topological polar surface area (TPSA) is 47.8 Å². The summed E-state index contributed by atoms with van der Waals surface area (Å²) in [6, 6.07) is 0. The highest BCUT2D eigenvalue weighted by Gasteiger charge is 2.23. The van der Waals surface area contributed by atoms with Crippen molar-refractivity contribution in [2.45, 2.75) is 45.1 Å². The Morgan fingerprint density at radius 3 is 3.21 bits per heavy atom. The second-order valence-corrected chi connectivity index (χ2v) is 3.81. The van der Waals surface area contributed by atoms with Gasteiger partial charge in [0.2, 0.25) is 0 Å². The third-order valence-electron chi connectivity index (χ3n) is 2.85. The van der Waals surface area contributed by atoms with E-state index < -0.39 is 0 Å². The second-order valence-electron chi connectivity index (χ2n) is 3.81. The Hall–Kier alpha value is -1.19. The Labute approximate surface area is 83.3 Å². The number of aromatic nitrogens is 3. The molecule has 76 valence electrons. The van der Waals surface area contributed by atoms with Crippen LogP contribution in [0.1, 0.15) is 44.2 Å². The molecule has 1 heterocycles. The largest absolute Gasteiger partial charge is 0.300 e. The first-order valence-corrected chi connectivity index (χ1v) is 5.21. The fraction of sp³-hybridized carbons (Fsp3) is 0.700. The van der Waals surface area contributed by atoms with E-state index in [1.807, 2.05) is 11.6 Å². The molecule has 0 saturated heterocycles. The lowest BCUT2D eigenvalue weighted by atomic mass is 9.86. The van der Waals surface area contributed by atoms with Gasteiger partial charge in [0.25, 0.3) is 0 Å². The molecule has 1 unspecified atom stereocenters. The number of hydrogen-bond donors (Lipinski definition) is 0. The number of carbonyl (C=O) groups excluding carboxylic acids is 1. The number of nitrogens with zero attached hydrogens (tertiary/aromatic N) is 3. The maximum absolute atomic E-state index is 11.3. The summed E-state index contributed by atoms with van der Waals surface area (Å²) >= 11 is 0. The van der Waals surface area contributed by atoms with Gasteiger partial charge in [-0.2, -0.15) is 0 Å². The van der Waals surface area contributed by atoms with Crippen molar-refractivity contribution in [3.63, 3.8) is 0 Å². The Kier molecular flexibility index (Phi) is 2.61. The first-order valence-electron chi connectivity index (χ1n) is 5.21. The highest BCUT2D eigenvalue weighted by Crippen LogP contribution is 2.30. The number of Topliss-reactive ketones (excluding diaryl/α,β-unsaturated/α-hetero) is 1. The highest BCUT2D eigenvalue weighted by molar-refractivity contribution is 5.79. The molecule has 0 N–H and O–H groups in total. The maximum atomic E-state index is 11.3. The summed E-state index contributed by atoms with van der Waals surface area (Å²) in [5, 5.41) is 7.89. The van der Waals surface area contributed by atoms with Gasteiger partial charge in [0, 0.05) is 25.3 Å². The Morgan fingerprint density at radius 1 is 1.64 bits per heavy atom. The van der Waals surface area contributed by atoms with E-state index in [9.17, 15) is 4.79 Å². The second kappa shape index (κ2) is 3.90. The molecule has 0 aliphatic heterocycles. The van der Waals surface area contributed by atoms with Gasteiger partial charge in [-0.1, -0.05) is 5.21 Å². The third kappa shape index (κ3) is 1.69. The number of hydrogen-bond acceptors (Lipinski definition) is 3. The van der Waals surface area contributed by atoms with Gasteiger partial charge in [0.1, 0.15) is 5.78 Å². The summed E-state index contributed by atoms with van der Waals surface area (Å²) in [6.45, 7) is 2.88. The summed E-state index contributed by atoms with van der Waals surface area (Å²) in [7, 11) is 0. The lowest BCUT2D eigenvalue weighted by Gasteiger charge is -2.20. The van der Waals surface area contributed by atoms with Crippen molar-refractivity contribution in [2.24, 2.45) is 0 Å². The van der Waals surface area contributed by atoms with Crippen LogP contribution < -0.4 is 0 Å². The van der Waals surface area contributed by atoms with Crippen LogP contribution in [0, 0.1) is 0 Å². The SMILES string of the molecule is CCn1nncc1C1CCCC(=O)C1. The Balaban J connectivity index is 2.17. The zero-order valence-corrected chi connectivity index (χ0v) is 8.44. The molecule has 0 aromatic carbocycles. The fourth-order valence-corrected chi connectivity index (χ4v) is 2.10. The summed E-state index contributed by atoms with van der Waals surface area (Å²) in [6.07, 6.45) is 5.34. The number of ketones is 1. The van der Waals surface area contributed by atoms with E-state index in [0.717, 1.165) is 31.5 Å². The molecule has 1 aliphatic carbocycles. The van der Waals surface area contributed by atoms with E-state index in [1.165, 1.54) is 0 Å². The molecular formula is C10H15N3O. The van der Waals surface area contributed by atoms with E-state index >= 15 is 0 Å². The summed E-state index contributed by atoms with van der Waals surface area (Å²) < 4.78 is 1.89. The van der Waals surface area contributed by atoms with Crippen LogP contribution in [0.5, 0.6) is 0 Å². The van der Waals surface area contributed by atoms with Gasteiger partial charge in [-0.3, -0.25) is 4.79 Å². The predicted molar refractivity (Wildman–Crippen MR) is 51.9 cm³/mol. The minimum absolute atomic E-state index is 0.353. The highest BCUT2D eigenvalue weighted by atomic mass is 16.1. The van der Waals surface area contributed by atoms with E-state index in [0.29, 0.717) is 18.1 Å². The Bertz CT molecular complexity index is 332. The molecular weight excluding hydrogens is 178 g/mol. The van der Waals surface area contributed by atoms with Gasteiger partial charge in [-0.05, 0) is 19.8 Å². The van der Waals surface area contributed by atoms with Crippen molar-refractivity contribution < 1.29 is 4.79 Å². The van der Waals surface area contributed by atoms with Crippen LogP contribution in [-0.4, -0.2) is 20.8 Å². The Morgan fingerprint density at radius 2 is 2.50 bits per heavy atom. The summed E-state index contributed by atoms with van der Waals surface area (Å²) in [5.41, 5.74) is 1.13. The number of aryl methyl sites for hydroxylation is 1. The smallest absolute Gasteiger partial charge is 0.133 e. The standard InChI is InChI=1S/C10H15N3O/c1-2-13-10(7-11-12-13)8-4-3-5-9(14)6-8/h7-8H,2-6H2,1H3. The molecule has 4 nitrogen and oxygen atoms in total. The quantitative estimate of drug-likeness (QED) is 0.715. The third-order valence-corrected chi connectivity index (χ3v) is 2.85. The fourth-order valence-electron chi connectivity index (χ4n) is 2.10. The van der Waals surface area contributed by atoms with Crippen LogP contribution in [0.2, 0.25) is 0 Å². The molecule has 14 heavy (non-hydrogen) atoms. The minimum Gasteiger partial charge on any atom is -0.300 e. The normalized spacial score (nSPS) is 22.6. The number of rotatable bonds is 2. The first-order chi connectivity index (χ1) is 6.81. The summed E-state index contributed by atoms with van der Waals surface area (Å²) in [5.74, 6) is 0.733. The molecule has 1 saturated carbocycles. The lowest BCUT2D eigenvalue weighted by Crippen LogP contribution is -2.16. The van der Waals surface area contributed by atoms with E-state index in [-0.39, 0.29) is 0 Å². The average Bonchev–Trinajstić information content (AvgIpc) is 2.65. The maximum Gasteiger partial charge on any atom is 0.133 e. The molecule has 0 spiro atoms. The van der Waals surface area contributed by atoms with Crippen molar-refractivity contribution in [3.05, 3.63) is 11.9 Å². The van der Waals surface area contributed by atoms with Crippen molar-refractivity contribution in [2.75, 3.05) is 0 Å². The molecule has 1 fully saturated rings. The van der Waals surface area contributed by atoms with Crippen molar-refractivity contribution in [3.8, 4) is 0 Å². The first kappa shape index (κ1) is 9.37. The van der Waals surface area contributed by atoms with Gasteiger partial charge in [-0.15, -0.1) is 5.10 Å². The molecule has 0 bridgehead atoms. The van der Waals surface area contributed by atoms with Gasteiger partial charge in [0.15, 0.2) is 0 Å².